The van der Waals surface area contributed by atoms with Gasteiger partial charge in [-0.1, -0.05) is 0 Å². The smallest absolute Gasteiger partial charge is 0.233 e. The first kappa shape index (κ1) is 26.5. The third-order valence-electron chi connectivity index (χ3n) is 6.17. The van der Waals surface area contributed by atoms with E-state index in [0.29, 0.717) is 56.1 Å². The van der Waals surface area contributed by atoms with Crippen molar-refractivity contribution in [1.82, 2.24) is 19.9 Å². The van der Waals surface area contributed by atoms with Crippen LogP contribution in [-0.4, -0.2) is 73.4 Å². The molecule has 0 aliphatic carbocycles. The fourth-order valence-electron chi connectivity index (χ4n) is 4.25. The molecule has 198 valence electrons. The standard InChI is InChI=1S/C24H30F2N8O2S/c1-5-32(6-2)23-29-22(28-17-9-10-18(25)19(26)14-17)30-24(31-23)34-13-12-33(15-16(34)3)21-20(37(4,35)36)8-7-11-27-21/h7-11,14,16H,5-6,12-13,15H2,1-4H3,(H,28,29,30,31). The first-order chi connectivity index (χ1) is 17.6. The molecule has 1 aliphatic rings. The fraction of sp³-hybridized carbons (Fsp3) is 0.417. The summed E-state index contributed by atoms with van der Waals surface area (Å²) >= 11 is 0. The van der Waals surface area contributed by atoms with Crippen LogP contribution in [0.1, 0.15) is 20.8 Å². The Balaban J connectivity index is 1.64. The average Bonchev–Trinajstić information content (AvgIpc) is 2.86. The van der Waals surface area contributed by atoms with Gasteiger partial charge in [0.15, 0.2) is 21.5 Å². The molecule has 37 heavy (non-hydrogen) atoms. The molecule has 1 saturated heterocycles. The molecule has 13 heteroatoms. The molecule has 4 rings (SSSR count). The number of halogens is 2. The zero-order chi connectivity index (χ0) is 26.7. The molecule has 1 atom stereocenters. The number of rotatable bonds is 8. The zero-order valence-electron chi connectivity index (χ0n) is 21.2. The van der Waals surface area contributed by atoms with E-state index in [1.165, 1.54) is 12.3 Å². The Hall–Kier alpha value is -3.61. The van der Waals surface area contributed by atoms with E-state index in [2.05, 4.69) is 20.3 Å². The molecule has 3 heterocycles. The topological polar surface area (TPSA) is 107 Å². The summed E-state index contributed by atoms with van der Waals surface area (Å²) in [6.45, 7) is 8.82. The van der Waals surface area contributed by atoms with Crippen LogP contribution >= 0.6 is 0 Å². The lowest BCUT2D eigenvalue weighted by atomic mass is 10.2. The van der Waals surface area contributed by atoms with Crippen molar-refractivity contribution >= 4 is 39.2 Å². The Morgan fingerprint density at radius 2 is 1.84 bits per heavy atom. The number of pyridine rings is 1. The number of benzene rings is 1. The SMILES string of the molecule is CCN(CC)c1nc(Nc2ccc(F)c(F)c2)nc(N2CCN(c3ncccc3S(C)(=O)=O)CC2C)n1. The van der Waals surface area contributed by atoms with Crippen molar-refractivity contribution in [2.75, 3.05) is 59.0 Å². The van der Waals surface area contributed by atoms with Gasteiger partial charge in [-0.2, -0.15) is 15.0 Å². The van der Waals surface area contributed by atoms with E-state index in [0.717, 1.165) is 12.1 Å². The van der Waals surface area contributed by atoms with Gasteiger partial charge in [-0.3, -0.25) is 0 Å². The molecule has 3 aromatic rings. The van der Waals surface area contributed by atoms with Crippen molar-refractivity contribution in [3.63, 3.8) is 0 Å². The lowest BCUT2D eigenvalue weighted by molar-refractivity contribution is 0.509. The second-order valence-electron chi connectivity index (χ2n) is 8.77. The minimum Gasteiger partial charge on any atom is -0.352 e. The Bertz CT molecular complexity index is 1370. The molecule has 0 bridgehead atoms. The van der Waals surface area contributed by atoms with Crippen LogP contribution in [0.25, 0.3) is 0 Å². The van der Waals surface area contributed by atoms with E-state index in [-0.39, 0.29) is 16.9 Å². The first-order valence-corrected chi connectivity index (χ1v) is 13.9. The van der Waals surface area contributed by atoms with Crippen LogP contribution in [0, 0.1) is 11.6 Å². The van der Waals surface area contributed by atoms with Gasteiger partial charge in [0, 0.05) is 63.0 Å². The van der Waals surface area contributed by atoms with Crippen LogP contribution < -0.4 is 20.0 Å². The highest BCUT2D eigenvalue weighted by Crippen LogP contribution is 2.28. The summed E-state index contributed by atoms with van der Waals surface area (Å²) in [6, 6.07) is 6.57. The van der Waals surface area contributed by atoms with Gasteiger partial charge in [0.25, 0.3) is 0 Å². The molecule has 1 N–H and O–H groups in total. The number of nitrogens with one attached hydrogen (secondary N) is 1. The van der Waals surface area contributed by atoms with E-state index in [4.69, 9.17) is 4.98 Å². The molecule has 0 radical (unpaired) electrons. The summed E-state index contributed by atoms with van der Waals surface area (Å²) in [6.07, 6.45) is 2.76. The highest BCUT2D eigenvalue weighted by molar-refractivity contribution is 7.90. The van der Waals surface area contributed by atoms with Gasteiger partial charge in [0.2, 0.25) is 17.8 Å². The van der Waals surface area contributed by atoms with Gasteiger partial charge in [-0.25, -0.2) is 22.2 Å². The third-order valence-corrected chi connectivity index (χ3v) is 7.29. The highest BCUT2D eigenvalue weighted by atomic mass is 32.2. The number of piperazine rings is 1. The van der Waals surface area contributed by atoms with Gasteiger partial charge in [-0.15, -0.1) is 0 Å². The lowest BCUT2D eigenvalue weighted by Crippen LogP contribution is -2.53. The monoisotopic (exact) mass is 532 g/mol. The summed E-state index contributed by atoms with van der Waals surface area (Å²) in [5.74, 6) is -0.397. The second kappa shape index (κ2) is 10.8. The van der Waals surface area contributed by atoms with Crippen molar-refractivity contribution in [2.24, 2.45) is 0 Å². The van der Waals surface area contributed by atoms with Crippen LogP contribution in [0.4, 0.5) is 38.1 Å². The number of aromatic nitrogens is 4. The molecule has 0 spiro atoms. The summed E-state index contributed by atoms with van der Waals surface area (Å²) < 4.78 is 51.7. The van der Waals surface area contributed by atoms with Gasteiger partial charge in [0.05, 0.1) is 0 Å². The third kappa shape index (κ3) is 5.87. The maximum Gasteiger partial charge on any atom is 0.233 e. The molecule has 1 aromatic carbocycles. The Morgan fingerprint density at radius 3 is 2.49 bits per heavy atom. The molecule has 1 unspecified atom stereocenters. The molecular formula is C24H30F2N8O2S. The van der Waals surface area contributed by atoms with E-state index >= 15 is 0 Å². The summed E-state index contributed by atoms with van der Waals surface area (Å²) in [7, 11) is -3.44. The van der Waals surface area contributed by atoms with Crippen molar-refractivity contribution in [3.8, 4) is 0 Å². The van der Waals surface area contributed by atoms with Crippen LogP contribution in [0.2, 0.25) is 0 Å². The van der Waals surface area contributed by atoms with E-state index in [9.17, 15) is 17.2 Å². The fourth-order valence-corrected chi connectivity index (χ4v) is 5.08. The van der Waals surface area contributed by atoms with Crippen LogP contribution in [-0.2, 0) is 9.84 Å². The predicted octanol–water partition coefficient (Wildman–Crippen LogP) is 3.25. The number of hydrogen-bond donors (Lipinski definition) is 1. The maximum atomic E-state index is 13.8. The van der Waals surface area contributed by atoms with Gasteiger partial charge < -0.3 is 20.0 Å². The van der Waals surface area contributed by atoms with Gasteiger partial charge in [0.1, 0.15) is 10.7 Å². The van der Waals surface area contributed by atoms with Gasteiger partial charge in [-0.05, 0) is 45.0 Å². The van der Waals surface area contributed by atoms with Crippen molar-refractivity contribution in [2.45, 2.75) is 31.7 Å². The molecule has 1 aliphatic heterocycles. The number of sulfone groups is 1. The molecule has 0 amide bonds. The van der Waals surface area contributed by atoms with Crippen molar-refractivity contribution < 1.29 is 17.2 Å². The summed E-state index contributed by atoms with van der Waals surface area (Å²) in [4.78, 5) is 24.3. The number of nitrogens with zero attached hydrogens (tertiary/aromatic N) is 7. The number of anilines is 5. The van der Waals surface area contributed by atoms with E-state index < -0.39 is 21.5 Å². The predicted molar refractivity (Wildman–Crippen MR) is 139 cm³/mol. The Labute approximate surface area is 215 Å². The molecule has 10 nitrogen and oxygen atoms in total. The quantitative estimate of drug-likeness (QED) is 0.465. The minimum absolute atomic E-state index is 0.0914. The van der Waals surface area contributed by atoms with E-state index in [1.807, 2.05) is 35.5 Å². The second-order valence-corrected chi connectivity index (χ2v) is 10.8. The normalized spacial score (nSPS) is 16.1. The van der Waals surface area contributed by atoms with Crippen LogP contribution in [0.5, 0.6) is 0 Å². The average molecular weight is 533 g/mol. The summed E-state index contributed by atoms with van der Waals surface area (Å²) in [5.41, 5.74) is 0.308. The van der Waals surface area contributed by atoms with Crippen molar-refractivity contribution in [1.29, 1.82) is 0 Å². The Kier molecular flexibility index (Phi) is 7.71. The van der Waals surface area contributed by atoms with Crippen LogP contribution in [0.3, 0.4) is 0 Å². The lowest BCUT2D eigenvalue weighted by Gasteiger charge is -2.41. The first-order valence-electron chi connectivity index (χ1n) is 12.0. The number of hydrogen-bond acceptors (Lipinski definition) is 10. The largest absolute Gasteiger partial charge is 0.352 e. The maximum absolute atomic E-state index is 13.8. The molecule has 1 fully saturated rings. The van der Waals surface area contributed by atoms with E-state index in [1.54, 1.807) is 18.3 Å². The highest BCUT2D eigenvalue weighted by Gasteiger charge is 2.30. The molecule has 0 saturated carbocycles. The zero-order valence-corrected chi connectivity index (χ0v) is 22.0. The summed E-state index contributed by atoms with van der Waals surface area (Å²) in [5, 5.41) is 2.96. The minimum atomic E-state index is -3.44. The Morgan fingerprint density at radius 1 is 1.08 bits per heavy atom. The van der Waals surface area contributed by atoms with Crippen LogP contribution in [0.15, 0.2) is 41.4 Å². The molecular weight excluding hydrogens is 502 g/mol. The van der Waals surface area contributed by atoms with Gasteiger partial charge >= 0.3 is 0 Å². The molecule has 2 aromatic heterocycles. The van der Waals surface area contributed by atoms with Crippen molar-refractivity contribution in [3.05, 3.63) is 48.2 Å².